The Morgan fingerprint density at radius 1 is 1.32 bits per heavy atom. The zero-order valence-corrected chi connectivity index (χ0v) is 10.9. The molecule has 0 spiro atoms. The second-order valence-corrected chi connectivity index (χ2v) is 5.02. The van der Waals surface area contributed by atoms with Crippen LogP contribution >= 0.6 is 0 Å². The maximum atomic E-state index is 6.32. The maximum absolute atomic E-state index is 6.32. The monoisotopic (exact) mass is 259 g/mol. The summed E-state index contributed by atoms with van der Waals surface area (Å²) < 4.78 is 10.5. The third kappa shape index (κ3) is 2.21. The fourth-order valence-electron chi connectivity index (χ4n) is 2.53. The van der Waals surface area contributed by atoms with Crippen molar-refractivity contribution >= 4 is 0 Å². The number of nitrogens with two attached hydrogens (primary N) is 1. The van der Waals surface area contributed by atoms with E-state index in [1.54, 1.807) is 7.11 Å². The Bertz CT molecular complexity index is 574. The highest BCUT2D eigenvalue weighted by atomic mass is 16.5. The number of methoxy groups -OCH3 is 1. The first-order chi connectivity index (χ1) is 9.21. The Labute approximate surface area is 111 Å². The second-order valence-electron chi connectivity index (χ2n) is 5.02. The van der Waals surface area contributed by atoms with Crippen LogP contribution < -0.4 is 10.5 Å². The molecule has 5 heteroatoms. The molecule has 19 heavy (non-hydrogen) atoms. The largest absolute Gasteiger partial charge is 0.497 e. The summed E-state index contributed by atoms with van der Waals surface area (Å²) in [5.41, 5.74) is 6.75. The van der Waals surface area contributed by atoms with Crippen molar-refractivity contribution < 1.29 is 9.26 Å². The van der Waals surface area contributed by atoms with Crippen LogP contribution in [-0.4, -0.2) is 17.3 Å². The standard InChI is InChI=1S/C14H17N3O2/c1-18-11-6-4-5-10(9-11)12-16-13(17-19-12)14(15)7-2-3-8-14/h4-6,9H,2-3,7-8,15H2,1H3. The predicted octanol–water partition coefficient (Wildman–Crippen LogP) is 2.47. The van der Waals surface area contributed by atoms with E-state index in [1.807, 2.05) is 24.3 Å². The van der Waals surface area contributed by atoms with Crippen LogP contribution in [0.15, 0.2) is 28.8 Å². The van der Waals surface area contributed by atoms with E-state index < -0.39 is 5.54 Å². The Morgan fingerprint density at radius 3 is 2.84 bits per heavy atom. The highest BCUT2D eigenvalue weighted by Crippen LogP contribution is 2.35. The number of hydrogen-bond acceptors (Lipinski definition) is 5. The van der Waals surface area contributed by atoms with Crippen LogP contribution in [0.1, 0.15) is 31.5 Å². The number of nitrogens with zero attached hydrogens (tertiary/aromatic N) is 2. The first-order valence-electron chi connectivity index (χ1n) is 6.49. The van der Waals surface area contributed by atoms with Crippen molar-refractivity contribution in [3.8, 4) is 17.2 Å². The van der Waals surface area contributed by atoms with Crippen LogP contribution in [0.25, 0.3) is 11.5 Å². The van der Waals surface area contributed by atoms with Crippen molar-refractivity contribution in [3.63, 3.8) is 0 Å². The minimum absolute atomic E-state index is 0.416. The van der Waals surface area contributed by atoms with Crippen molar-refractivity contribution in [2.24, 2.45) is 5.73 Å². The summed E-state index contributed by atoms with van der Waals surface area (Å²) in [5, 5.41) is 4.05. The fraction of sp³-hybridized carbons (Fsp3) is 0.429. The van der Waals surface area contributed by atoms with Gasteiger partial charge in [0.05, 0.1) is 12.6 Å². The maximum Gasteiger partial charge on any atom is 0.258 e. The third-order valence-corrected chi connectivity index (χ3v) is 3.68. The lowest BCUT2D eigenvalue weighted by molar-refractivity contribution is 0.372. The molecule has 100 valence electrons. The van der Waals surface area contributed by atoms with Crippen molar-refractivity contribution in [2.45, 2.75) is 31.2 Å². The molecule has 1 aromatic heterocycles. The first-order valence-corrected chi connectivity index (χ1v) is 6.49. The normalized spacial score (nSPS) is 17.6. The van der Waals surface area contributed by atoms with Gasteiger partial charge in [0.15, 0.2) is 5.82 Å². The zero-order chi connectivity index (χ0) is 13.3. The number of hydrogen-bond donors (Lipinski definition) is 1. The van der Waals surface area contributed by atoms with E-state index in [-0.39, 0.29) is 0 Å². The van der Waals surface area contributed by atoms with Gasteiger partial charge in [-0.25, -0.2) is 0 Å². The molecule has 0 radical (unpaired) electrons. The summed E-state index contributed by atoms with van der Waals surface area (Å²) in [7, 11) is 1.63. The van der Waals surface area contributed by atoms with E-state index in [0.29, 0.717) is 11.7 Å². The lowest BCUT2D eigenvalue weighted by Gasteiger charge is -2.17. The fourth-order valence-corrected chi connectivity index (χ4v) is 2.53. The summed E-state index contributed by atoms with van der Waals surface area (Å²) in [5.74, 6) is 1.87. The molecule has 2 aromatic rings. The van der Waals surface area contributed by atoms with Gasteiger partial charge in [0.2, 0.25) is 0 Å². The minimum Gasteiger partial charge on any atom is -0.497 e. The molecule has 2 N–H and O–H groups in total. The SMILES string of the molecule is COc1cccc(-c2nc(C3(N)CCCC3)no2)c1. The van der Waals surface area contributed by atoms with E-state index in [2.05, 4.69) is 10.1 Å². The highest BCUT2D eigenvalue weighted by Gasteiger charge is 2.36. The average molecular weight is 259 g/mol. The topological polar surface area (TPSA) is 74.2 Å². The van der Waals surface area contributed by atoms with Gasteiger partial charge >= 0.3 is 0 Å². The molecule has 1 saturated carbocycles. The molecule has 0 bridgehead atoms. The van der Waals surface area contributed by atoms with E-state index in [0.717, 1.165) is 37.0 Å². The number of benzene rings is 1. The lowest BCUT2D eigenvalue weighted by atomic mass is 9.99. The smallest absolute Gasteiger partial charge is 0.258 e. The van der Waals surface area contributed by atoms with Gasteiger partial charge in [-0.15, -0.1) is 0 Å². The van der Waals surface area contributed by atoms with Crippen LogP contribution in [0.4, 0.5) is 0 Å². The minimum atomic E-state index is -0.416. The molecular formula is C14H17N3O2. The summed E-state index contributed by atoms with van der Waals surface area (Å²) in [6.07, 6.45) is 4.09. The number of ether oxygens (including phenoxy) is 1. The molecule has 5 nitrogen and oxygen atoms in total. The van der Waals surface area contributed by atoms with Crippen LogP contribution in [0.2, 0.25) is 0 Å². The van der Waals surface area contributed by atoms with Gasteiger partial charge in [0.25, 0.3) is 5.89 Å². The molecule has 0 amide bonds. The molecule has 0 atom stereocenters. The van der Waals surface area contributed by atoms with Gasteiger partial charge < -0.3 is 15.0 Å². The Balaban J connectivity index is 1.92. The van der Waals surface area contributed by atoms with Crippen LogP contribution in [0, 0.1) is 0 Å². The van der Waals surface area contributed by atoms with Crippen molar-refractivity contribution in [1.29, 1.82) is 0 Å². The molecule has 1 aliphatic rings. The van der Waals surface area contributed by atoms with Crippen LogP contribution in [0.5, 0.6) is 5.75 Å². The summed E-state index contributed by atoms with van der Waals surface area (Å²) in [4.78, 5) is 4.45. The molecule has 0 aliphatic heterocycles. The van der Waals surface area contributed by atoms with Crippen molar-refractivity contribution in [1.82, 2.24) is 10.1 Å². The summed E-state index contributed by atoms with van der Waals surface area (Å²) >= 11 is 0. The number of rotatable bonds is 3. The predicted molar refractivity (Wildman–Crippen MR) is 70.6 cm³/mol. The third-order valence-electron chi connectivity index (χ3n) is 3.68. The lowest BCUT2D eigenvalue weighted by Crippen LogP contribution is -2.34. The molecule has 1 heterocycles. The molecule has 1 fully saturated rings. The van der Waals surface area contributed by atoms with E-state index in [1.165, 1.54) is 0 Å². The zero-order valence-electron chi connectivity index (χ0n) is 10.9. The molecule has 1 aliphatic carbocycles. The Hall–Kier alpha value is -1.88. The first kappa shape index (κ1) is 12.2. The Kier molecular flexibility index (Phi) is 2.98. The van der Waals surface area contributed by atoms with E-state index in [9.17, 15) is 0 Å². The molecule has 3 rings (SSSR count). The van der Waals surface area contributed by atoms with Gasteiger partial charge in [-0.05, 0) is 31.0 Å². The van der Waals surface area contributed by atoms with Crippen LogP contribution in [-0.2, 0) is 5.54 Å². The average Bonchev–Trinajstić information content (AvgIpc) is 3.08. The molecule has 1 aromatic carbocycles. The summed E-state index contributed by atoms with van der Waals surface area (Å²) in [6, 6.07) is 7.56. The van der Waals surface area contributed by atoms with Crippen LogP contribution in [0.3, 0.4) is 0 Å². The van der Waals surface area contributed by atoms with Gasteiger partial charge in [-0.3, -0.25) is 0 Å². The quantitative estimate of drug-likeness (QED) is 0.916. The van der Waals surface area contributed by atoms with Crippen molar-refractivity contribution in [3.05, 3.63) is 30.1 Å². The highest BCUT2D eigenvalue weighted by molar-refractivity contribution is 5.55. The van der Waals surface area contributed by atoms with E-state index in [4.69, 9.17) is 15.0 Å². The van der Waals surface area contributed by atoms with E-state index >= 15 is 0 Å². The molecule has 0 unspecified atom stereocenters. The second kappa shape index (κ2) is 4.66. The van der Waals surface area contributed by atoms with Gasteiger partial charge in [-0.1, -0.05) is 24.1 Å². The molecular weight excluding hydrogens is 242 g/mol. The van der Waals surface area contributed by atoms with Gasteiger partial charge in [-0.2, -0.15) is 4.98 Å². The Morgan fingerprint density at radius 2 is 2.11 bits per heavy atom. The van der Waals surface area contributed by atoms with Gasteiger partial charge in [0.1, 0.15) is 5.75 Å². The summed E-state index contributed by atoms with van der Waals surface area (Å²) in [6.45, 7) is 0. The van der Waals surface area contributed by atoms with Crippen molar-refractivity contribution in [2.75, 3.05) is 7.11 Å². The van der Waals surface area contributed by atoms with Gasteiger partial charge in [0, 0.05) is 5.56 Å². The molecule has 0 saturated heterocycles. The number of aromatic nitrogens is 2.